The molecule has 0 fully saturated rings. The van der Waals surface area contributed by atoms with E-state index < -0.39 is 0 Å². The van der Waals surface area contributed by atoms with Gasteiger partial charge in [-0.05, 0) is 55.6 Å². The van der Waals surface area contributed by atoms with Crippen molar-refractivity contribution in [1.82, 2.24) is 0 Å². The summed E-state index contributed by atoms with van der Waals surface area (Å²) < 4.78 is 0. The highest BCUT2D eigenvalue weighted by Gasteiger charge is 2.37. The average Bonchev–Trinajstić information content (AvgIpc) is 3.12. The normalized spacial score (nSPS) is 13.4. The fourth-order valence-corrected chi connectivity index (χ4v) is 5.52. The van der Waals surface area contributed by atoms with E-state index in [9.17, 15) is 0 Å². The topological polar surface area (TPSA) is 0 Å². The summed E-state index contributed by atoms with van der Waals surface area (Å²) in [6.07, 6.45) is 0. The average molecular weight is 423 g/mol. The van der Waals surface area contributed by atoms with Gasteiger partial charge in [-0.2, -0.15) is 0 Å². The molecule has 5 aromatic carbocycles. The molecule has 158 valence electrons. The lowest BCUT2D eigenvalue weighted by atomic mass is 9.80. The largest absolute Gasteiger partial charge is 0.0622 e. The van der Waals surface area contributed by atoms with Crippen LogP contribution in [0.5, 0.6) is 0 Å². The lowest BCUT2D eigenvalue weighted by Crippen LogP contribution is -2.14. The quantitative estimate of drug-likeness (QED) is 0.272. The molecule has 0 saturated heterocycles. The monoisotopic (exact) mass is 422 g/mol. The number of benzene rings is 5. The van der Waals surface area contributed by atoms with Crippen molar-refractivity contribution in [2.75, 3.05) is 0 Å². The Kier molecular flexibility index (Phi) is 4.55. The van der Waals surface area contributed by atoms with Crippen LogP contribution in [-0.2, 0) is 5.41 Å². The van der Waals surface area contributed by atoms with Crippen molar-refractivity contribution in [3.8, 4) is 44.5 Å². The summed E-state index contributed by atoms with van der Waals surface area (Å²) in [4.78, 5) is 0. The summed E-state index contributed by atoms with van der Waals surface area (Å²) in [7, 11) is 0. The van der Waals surface area contributed by atoms with E-state index in [-0.39, 0.29) is 5.41 Å². The molecule has 0 amide bonds. The van der Waals surface area contributed by atoms with E-state index in [2.05, 4.69) is 135 Å². The summed E-state index contributed by atoms with van der Waals surface area (Å²) in [5, 5.41) is 0. The second kappa shape index (κ2) is 7.60. The maximum Gasteiger partial charge on any atom is 0.0159 e. The lowest BCUT2D eigenvalue weighted by Gasteiger charge is -2.22. The van der Waals surface area contributed by atoms with Gasteiger partial charge in [-0.25, -0.2) is 0 Å². The smallest absolute Gasteiger partial charge is 0.0159 e. The molecule has 0 aliphatic heterocycles. The van der Waals surface area contributed by atoms with E-state index >= 15 is 0 Å². The van der Waals surface area contributed by atoms with Crippen molar-refractivity contribution < 1.29 is 0 Å². The molecular weight excluding hydrogens is 396 g/mol. The molecule has 0 radical (unpaired) electrons. The van der Waals surface area contributed by atoms with Gasteiger partial charge in [0.1, 0.15) is 0 Å². The van der Waals surface area contributed by atoms with E-state index in [0.29, 0.717) is 0 Å². The molecule has 0 nitrogen and oxygen atoms in total. The van der Waals surface area contributed by atoms with Crippen LogP contribution >= 0.6 is 0 Å². The highest BCUT2D eigenvalue weighted by molar-refractivity contribution is 6.02. The number of hydrogen-bond acceptors (Lipinski definition) is 0. The third kappa shape index (κ3) is 3.06. The van der Waals surface area contributed by atoms with E-state index in [4.69, 9.17) is 0 Å². The molecular formula is C33H26. The van der Waals surface area contributed by atoms with Gasteiger partial charge in [0.25, 0.3) is 0 Å². The van der Waals surface area contributed by atoms with Crippen LogP contribution in [0.4, 0.5) is 0 Å². The van der Waals surface area contributed by atoms with Crippen molar-refractivity contribution in [2.45, 2.75) is 19.3 Å². The number of hydrogen-bond donors (Lipinski definition) is 0. The van der Waals surface area contributed by atoms with Gasteiger partial charge in [0.2, 0.25) is 0 Å². The highest BCUT2D eigenvalue weighted by atomic mass is 14.4. The van der Waals surface area contributed by atoms with Crippen LogP contribution in [0, 0.1) is 0 Å². The van der Waals surface area contributed by atoms with Gasteiger partial charge in [-0.15, -0.1) is 0 Å². The molecule has 0 aromatic heterocycles. The summed E-state index contributed by atoms with van der Waals surface area (Å²) in [6, 6.07) is 44.0. The van der Waals surface area contributed by atoms with Crippen molar-refractivity contribution in [3.05, 3.63) is 132 Å². The summed E-state index contributed by atoms with van der Waals surface area (Å²) >= 11 is 0. The van der Waals surface area contributed by atoms with Gasteiger partial charge < -0.3 is 0 Å². The first-order valence-corrected chi connectivity index (χ1v) is 11.6. The molecule has 33 heavy (non-hydrogen) atoms. The second-order valence-electron chi connectivity index (χ2n) is 9.36. The van der Waals surface area contributed by atoms with Crippen LogP contribution in [0.3, 0.4) is 0 Å². The minimum atomic E-state index is -0.0173. The van der Waals surface area contributed by atoms with Gasteiger partial charge in [-0.3, -0.25) is 0 Å². The molecule has 1 aliphatic rings. The van der Waals surface area contributed by atoms with Gasteiger partial charge in [-0.1, -0.05) is 135 Å². The molecule has 0 N–H and O–H groups in total. The fourth-order valence-electron chi connectivity index (χ4n) is 5.52. The molecule has 6 rings (SSSR count). The first-order valence-electron chi connectivity index (χ1n) is 11.6. The Hall–Kier alpha value is -3.90. The maximum atomic E-state index is 2.35. The SMILES string of the molecule is CC1(C)c2ccccc2-c2c(-c3c(-c4ccccc4)cccc3-c3ccccc3)cccc21. The maximum absolute atomic E-state index is 2.35. The number of rotatable bonds is 3. The van der Waals surface area contributed by atoms with Crippen molar-refractivity contribution >= 4 is 0 Å². The van der Waals surface area contributed by atoms with Gasteiger partial charge in [0, 0.05) is 5.41 Å². The van der Waals surface area contributed by atoms with E-state index in [0.717, 1.165) is 0 Å². The molecule has 5 aromatic rings. The third-order valence-corrected chi connectivity index (χ3v) is 7.11. The van der Waals surface area contributed by atoms with E-state index in [1.807, 2.05) is 0 Å². The van der Waals surface area contributed by atoms with Crippen LogP contribution in [0.15, 0.2) is 121 Å². The molecule has 0 spiro atoms. The predicted octanol–water partition coefficient (Wildman–Crippen LogP) is 8.99. The van der Waals surface area contributed by atoms with Crippen LogP contribution < -0.4 is 0 Å². The molecule has 0 saturated carbocycles. The summed E-state index contributed by atoms with van der Waals surface area (Å²) in [5.41, 5.74) is 13.2. The zero-order valence-corrected chi connectivity index (χ0v) is 19.0. The minimum Gasteiger partial charge on any atom is -0.0622 e. The Morgan fingerprint density at radius 2 is 0.818 bits per heavy atom. The van der Waals surface area contributed by atoms with E-state index in [1.165, 1.54) is 55.6 Å². The van der Waals surface area contributed by atoms with Crippen molar-refractivity contribution in [1.29, 1.82) is 0 Å². The Morgan fingerprint density at radius 3 is 1.45 bits per heavy atom. The van der Waals surface area contributed by atoms with Gasteiger partial charge >= 0.3 is 0 Å². The van der Waals surface area contributed by atoms with Gasteiger partial charge in [0.15, 0.2) is 0 Å². The van der Waals surface area contributed by atoms with Crippen molar-refractivity contribution in [2.24, 2.45) is 0 Å². The van der Waals surface area contributed by atoms with Crippen LogP contribution in [0.25, 0.3) is 44.5 Å². The zero-order valence-electron chi connectivity index (χ0n) is 19.0. The number of fused-ring (bicyclic) bond motifs is 3. The fraction of sp³-hybridized carbons (Fsp3) is 0.0909. The zero-order chi connectivity index (χ0) is 22.4. The lowest BCUT2D eigenvalue weighted by molar-refractivity contribution is 0.660. The molecule has 0 heterocycles. The first kappa shape index (κ1) is 19.8. The Morgan fingerprint density at radius 1 is 0.364 bits per heavy atom. The summed E-state index contributed by atoms with van der Waals surface area (Å²) in [6.45, 7) is 4.70. The molecule has 0 bridgehead atoms. The Bertz CT molecular complexity index is 1400. The van der Waals surface area contributed by atoms with Crippen molar-refractivity contribution in [3.63, 3.8) is 0 Å². The molecule has 0 heteroatoms. The minimum absolute atomic E-state index is 0.0173. The standard InChI is InChI=1S/C33H26/c1-33(2)29-21-10-9-17-27(29)32-28(20-12-22-30(32)33)31-25(23-13-5-3-6-14-23)18-11-19-26(31)24-15-7-4-8-16-24/h3-22H,1-2H3. The predicted molar refractivity (Wildman–Crippen MR) is 140 cm³/mol. The van der Waals surface area contributed by atoms with Crippen LogP contribution in [0.2, 0.25) is 0 Å². The van der Waals surface area contributed by atoms with Crippen LogP contribution in [0.1, 0.15) is 25.0 Å². The second-order valence-corrected chi connectivity index (χ2v) is 9.36. The molecule has 0 unspecified atom stereocenters. The highest BCUT2D eigenvalue weighted by Crippen LogP contribution is 2.54. The van der Waals surface area contributed by atoms with Crippen LogP contribution in [-0.4, -0.2) is 0 Å². The Labute approximate surface area is 196 Å². The first-order chi connectivity index (χ1) is 16.2. The van der Waals surface area contributed by atoms with E-state index in [1.54, 1.807) is 0 Å². The summed E-state index contributed by atoms with van der Waals surface area (Å²) in [5.74, 6) is 0. The molecule has 1 aliphatic carbocycles. The molecule has 0 atom stereocenters. The van der Waals surface area contributed by atoms with Gasteiger partial charge in [0.05, 0.1) is 0 Å². The Balaban J connectivity index is 1.73. The third-order valence-electron chi connectivity index (χ3n) is 7.11.